The van der Waals surface area contributed by atoms with Crippen LogP contribution in [0.4, 0.5) is 11.4 Å². The van der Waals surface area contributed by atoms with Crippen molar-refractivity contribution in [3.05, 3.63) is 36.4 Å². The maximum absolute atomic E-state index is 12.2. The molecular weight excluding hydrogens is 436 g/mol. The molecule has 2 N–H and O–H groups in total. The molecule has 8 nitrogen and oxygen atoms in total. The molecule has 0 heterocycles. The normalized spacial score (nSPS) is 10.4. The molecule has 0 unspecified atom stereocenters. The van der Waals surface area contributed by atoms with Crippen LogP contribution < -0.4 is 29.6 Å². The minimum absolute atomic E-state index is 0.0148. The van der Waals surface area contributed by atoms with Gasteiger partial charge in [-0.15, -0.1) is 0 Å². The summed E-state index contributed by atoms with van der Waals surface area (Å²) in [5.74, 6) is 2.38. The van der Waals surface area contributed by atoms with Gasteiger partial charge in [0.15, 0.2) is 23.0 Å². The monoisotopic (exact) mass is 472 g/mol. The summed E-state index contributed by atoms with van der Waals surface area (Å²) in [6, 6.07) is 10.6. The van der Waals surface area contributed by atoms with Crippen molar-refractivity contribution < 1.29 is 28.5 Å². The third kappa shape index (κ3) is 8.84. The van der Waals surface area contributed by atoms with E-state index >= 15 is 0 Å². The third-order valence-corrected chi connectivity index (χ3v) is 5.39. The van der Waals surface area contributed by atoms with Crippen molar-refractivity contribution in [3.63, 3.8) is 0 Å². The van der Waals surface area contributed by atoms with E-state index in [9.17, 15) is 9.59 Å². The third-order valence-electron chi connectivity index (χ3n) is 5.39. The Labute approximate surface area is 201 Å². The maximum Gasteiger partial charge on any atom is 0.224 e. The van der Waals surface area contributed by atoms with Crippen molar-refractivity contribution >= 4 is 23.2 Å². The van der Waals surface area contributed by atoms with Crippen LogP contribution in [0.3, 0.4) is 0 Å². The van der Waals surface area contributed by atoms with Gasteiger partial charge < -0.3 is 29.6 Å². The highest BCUT2D eigenvalue weighted by molar-refractivity contribution is 5.91. The summed E-state index contributed by atoms with van der Waals surface area (Å²) < 4.78 is 20.9. The van der Waals surface area contributed by atoms with Gasteiger partial charge in [-0.3, -0.25) is 9.59 Å². The SMILES string of the molecule is COc1ccc(NC(=O)CCCCCCCCC(=O)Nc2ccc(OC)c(OC)c2)cc1OC. The van der Waals surface area contributed by atoms with Gasteiger partial charge in [0.05, 0.1) is 28.4 Å². The number of methoxy groups -OCH3 is 4. The summed E-state index contributed by atoms with van der Waals surface area (Å²) in [6.07, 6.45) is 6.66. The van der Waals surface area contributed by atoms with E-state index in [1.807, 2.05) is 0 Å². The molecule has 0 aliphatic carbocycles. The molecule has 186 valence electrons. The van der Waals surface area contributed by atoms with E-state index in [-0.39, 0.29) is 11.8 Å². The Morgan fingerprint density at radius 2 is 0.912 bits per heavy atom. The molecule has 0 atom stereocenters. The Balaban J connectivity index is 1.55. The molecule has 0 spiro atoms. The van der Waals surface area contributed by atoms with Crippen LogP contribution >= 0.6 is 0 Å². The molecule has 0 aliphatic rings. The standard InChI is InChI=1S/C26H36N2O6/c1-31-21-15-13-19(17-23(21)33-3)27-25(29)11-9-7-5-6-8-10-12-26(30)28-20-14-16-22(32-2)24(18-20)34-4/h13-18H,5-12H2,1-4H3,(H,27,29)(H,28,30). The predicted molar refractivity (Wildman–Crippen MR) is 133 cm³/mol. The van der Waals surface area contributed by atoms with Crippen molar-refractivity contribution in [2.75, 3.05) is 39.1 Å². The summed E-state index contributed by atoms with van der Waals surface area (Å²) in [5.41, 5.74) is 1.38. The highest BCUT2D eigenvalue weighted by Crippen LogP contribution is 2.30. The first-order valence-electron chi connectivity index (χ1n) is 11.5. The lowest BCUT2D eigenvalue weighted by Crippen LogP contribution is -2.11. The molecule has 8 heteroatoms. The van der Waals surface area contributed by atoms with Crippen molar-refractivity contribution in [2.45, 2.75) is 51.4 Å². The van der Waals surface area contributed by atoms with Gasteiger partial charge in [-0.25, -0.2) is 0 Å². The van der Waals surface area contributed by atoms with E-state index in [0.717, 1.165) is 38.5 Å². The van der Waals surface area contributed by atoms with Crippen LogP contribution in [0.25, 0.3) is 0 Å². The van der Waals surface area contributed by atoms with Gasteiger partial charge in [-0.05, 0) is 37.1 Å². The summed E-state index contributed by atoms with van der Waals surface area (Å²) in [5, 5.41) is 5.78. The second-order valence-corrected chi connectivity index (χ2v) is 7.86. The lowest BCUT2D eigenvalue weighted by atomic mass is 10.1. The minimum atomic E-state index is -0.0148. The number of amides is 2. The fourth-order valence-corrected chi connectivity index (χ4v) is 3.55. The number of hydrogen-bond donors (Lipinski definition) is 2. The summed E-state index contributed by atoms with van der Waals surface area (Å²) in [7, 11) is 6.28. The first-order chi connectivity index (χ1) is 16.5. The zero-order valence-corrected chi connectivity index (χ0v) is 20.6. The largest absolute Gasteiger partial charge is 0.493 e. The second kappa shape index (κ2) is 14.7. The number of hydrogen-bond acceptors (Lipinski definition) is 6. The number of anilines is 2. The molecule has 0 saturated carbocycles. The van der Waals surface area contributed by atoms with E-state index in [2.05, 4.69) is 10.6 Å². The molecule has 34 heavy (non-hydrogen) atoms. The molecule has 2 aromatic rings. The summed E-state index contributed by atoms with van der Waals surface area (Å²) in [4.78, 5) is 24.3. The molecular formula is C26H36N2O6. The van der Waals surface area contributed by atoms with Gasteiger partial charge >= 0.3 is 0 Å². The number of ether oxygens (including phenoxy) is 4. The Bertz CT molecular complexity index is 856. The van der Waals surface area contributed by atoms with Crippen LogP contribution in [-0.4, -0.2) is 40.3 Å². The molecule has 0 bridgehead atoms. The average Bonchev–Trinajstić information content (AvgIpc) is 2.85. The van der Waals surface area contributed by atoms with E-state index in [1.165, 1.54) is 0 Å². The number of carbonyl (C=O) groups excluding carboxylic acids is 2. The van der Waals surface area contributed by atoms with Gasteiger partial charge in [0, 0.05) is 36.3 Å². The van der Waals surface area contributed by atoms with E-state index in [0.29, 0.717) is 47.2 Å². The van der Waals surface area contributed by atoms with Crippen molar-refractivity contribution in [3.8, 4) is 23.0 Å². The lowest BCUT2D eigenvalue weighted by Gasteiger charge is -2.11. The smallest absolute Gasteiger partial charge is 0.224 e. The number of benzene rings is 2. The number of nitrogens with one attached hydrogen (secondary N) is 2. The highest BCUT2D eigenvalue weighted by atomic mass is 16.5. The molecule has 2 aromatic carbocycles. The molecule has 0 saturated heterocycles. The fourth-order valence-electron chi connectivity index (χ4n) is 3.55. The molecule has 2 rings (SSSR count). The average molecular weight is 473 g/mol. The quantitative estimate of drug-likeness (QED) is 0.336. The Morgan fingerprint density at radius 1 is 0.559 bits per heavy atom. The summed E-state index contributed by atoms with van der Waals surface area (Å²) in [6.45, 7) is 0. The number of carbonyl (C=O) groups is 2. The topological polar surface area (TPSA) is 95.1 Å². The van der Waals surface area contributed by atoms with Crippen LogP contribution in [0.1, 0.15) is 51.4 Å². The Morgan fingerprint density at radius 3 is 1.26 bits per heavy atom. The van der Waals surface area contributed by atoms with Crippen molar-refractivity contribution in [1.29, 1.82) is 0 Å². The molecule has 2 amide bonds. The lowest BCUT2D eigenvalue weighted by molar-refractivity contribution is -0.117. The van der Waals surface area contributed by atoms with Crippen LogP contribution in [0.15, 0.2) is 36.4 Å². The van der Waals surface area contributed by atoms with Crippen LogP contribution in [0, 0.1) is 0 Å². The van der Waals surface area contributed by atoms with Crippen molar-refractivity contribution in [2.24, 2.45) is 0 Å². The summed E-state index contributed by atoms with van der Waals surface area (Å²) >= 11 is 0. The van der Waals surface area contributed by atoms with E-state index < -0.39 is 0 Å². The van der Waals surface area contributed by atoms with Crippen molar-refractivity contribution in [1.82, 2.24) is 0 Å². The molecule has 0 fully saturated rings. The van der Waals surface area contributed by atoms with E-state index in [1.54, 1.807) is 64.8 Å². The van der Waals surface area contributed by atoms with Gasteiger partial charge in [-0.1, -0.05) is 25.7 Å². The highest BCUT2D eigenvalue weighted by Gasteiger charge is 2.09. The Hall–Kier alpha value is -3.42. The first kappa shape index (κ1) is 26.8. The minimum Gasteiger partial charge on any atom is -0.493 e. The van der Waals surface area contributed by atoms with Gasteiger partial charge in [0.2, 0.25) is 11.8 Å². The zero-order valence-electron chi connectivity index (χ0n) is 20.6. The van der Waals surface area contributed by atoms with Crippen LogP contribution in [-0.2, 0) is 9.59 Å². The van der Waals surface area contributed by atoms with E-state index in [4.69, 9.17) is 18.9 Å². The molecule has 0 aromatic heterocycles. The first-order valence-corrected chi connectivity index (χ1v) is 11.5. The van der Waals surface area contributed by atoms with Gasteiger partial charge in [0.1, 0.15) is 0 Å². The van der Waals surface area contributed by atoms with Crippen LogP contribution in [0.5, 0.6) is 23.0 Å². The van der Waals surface area contributed by atoms with Crippen LogP contribution in [0.2, 0.25) is 0 Å². The van der Waals surface area contributed by atoms with Gasteiger partial charge in [0.25, 0.3) is 0 Å². The van der Waals surface area contributed by atoms with Gasteiger partial charge in [-0.2, -0.15) is 0 Å². The predicted octanol–water partition coefficient (Wildman–Crippen LogP) is 5.42. The maximum atomic E-state index is 12.2. The molecule has 0 aliphatic heterocycles. The zero-order chi connectivity index (χ0) is 24.8. The number of rotatable bonds is 15. The Kier molecular flexibility index (Phi) is 11.6. The number of unbranched alkanes of at least 4 members (excludes halogenated alkanes) is 5. The second-order valence-electron chi connectivity index (χ2n) is 7.86. The fraction of sp³-hybridized carbons (Fsp3) is 0.462. The molecule has 0 radical (unpaired) electrons.